The summed E-state index contributed by atoms with van der Waals surface area (Å²) in [4.78, 5) is 16.7. The smallest absolute Gasteiger partial charge is 0.244 e. The standard InChI is InChI=1S/C29H30N2O4/c1-5-33-23-9-7-22(8-10-23)26-18-35-29-20(4)28(34-6-2)24(16-25(26)29)19(3)15-27(32)31-17-21-11-13-30-14-12-21/h7-16,18H,5-6,17H2,1-4H3,(H,31,32)/b19-15+. The van der Waals surface area contributed by atoms with Crippen LogP contribution in [0.3, 0.4) is 0 Å². The molecule has 0 spiro atoms. The number of rotatable bonds is 9. The van der Waals surface area contributed by atoms with Gasteiger partial charge in [0.1, 0.15) is 17.1 Å². The lowest BCUT2D eigenvalue weighted by Crippen LogP contribution is -2.20. The Labute approximate surface area is 205 Å². The number of amides is 1. The molecule has 4 aromatic rings. The molecule has 0 saturated heterocycles. The Morgan fingerprint density at radius 3 is 2.46 bits per heavy atom. The van der Waals surface area contributed by atoms with Crippen LogP contribution in [0.2, 0.25) is 0 Å². The summed E-state index contributed by atoms with van der Waals surface area (Å²) in [6, 6.07) is 13.8. The fourth-order valence-corrected chi connectivity index (χ4v) is 4.08. The highest BCUT2D eigenvalue weighted by molar-refractivity contribution is 6.01. The summed E-state index contributed by atoms with van der Waals surface area (Å²) in [6.45, 7) is 9.39. The monoisotopic (exact) mass is 470 g/mol. The molecule has 2 aromatic heterocycles. The molecule has 2 heterocycles. The summed E-state index contributed by atoms with van der Waals surface area (Å²) in [5.74, 6) is 1.39. The van der Waals surface area contributed by atoms with Gasteiger partial charge in [-0.1, -0.05) is 12.1 Å². The molecule has 0 aliphatic heterocycles. The Kier molecular flexibility index (Phi) is 7.51. The predicted molar refractivity (Wildman–Crippen MR) is 138 cm³/mol. The first kappa shape index (κ1) is 24.1. The maximum Gasteiger partial charge on any atom is 0.244 e. The molecular formula is C29H30N2O4. The van der Waals surface area contributed by atoms with Gasteiger partial charge in [0, 0.05) is 47.1 Å². The van der Waals surface area contributed by atoms with Crippen LogP contribution in [-0.2, 0) is 11.3 Å². The number of pyridine rings is 1. The van der Waals surface area contributed by atoms with Crippen molar-refractivity contribution < 1.29 is 18.7 Å². The summed E-state index contributed by atoms with van der Waals surface area (Å²) in [6.07, 6.45) is 6.80. The number of carbonyl (C=O) groups excluding carboxylic acids is 1. The minimum Gasteiger partial charge on any atom is -0.494 e. The van der Waals surface area contributed by atoms with Crippen molar-refractivity contribution in [1.29, 1.82) is 0 Å². The molecule has 2 aromatic carbocycles. The molecule has 35 heavy (non-hydrogen) atoms. The molecule has 4 rings (SSSR count). The third kappa shape index (κ3) is 5.38. The number of nitrogens with zero attached hydrogens (tertiary/aromatic N) is 1. The molecule has 0 bridgehead atoms. The topological polar surface area (TPSA) is 73.6 Å². The lowest BCUT2D eigenvalue weighted by Gasteiger charge is -2.15. The van der Waals surface area contributed by atoms with Crippen LogP contribution in [0.25, 0.3) is 27.7 Å². The molecule has 1 amide bonds. The van der Waals surface area contributed by atoms with E-state index in [0.29, 0.717) is 19.8 Å². The zero-order valence-corrected chi connectivity index (χ0v) is 20.6. The van der Waals surface area contributed by atoms with Gasteiger partial charge < -0.3 is 19.2 Å². The Balaban J connectivity index is 1.70. The van der Waals surface area contributed by atoms with Crippen molar-refractivity contribution in [3.05, 3.63) is 83.9 Å². The largest absolute Gasteiger partial charge is 0.494 e. The van der Waals surface area contributed by atoms with E-state index in [1.807, 2.05) is 70.2 Å². The van der Waals surface area contributed by atoms with Gasteiger partial charge >= 0.3 is 0 Å². The second-order valence-electron chi connectivity index (χ2n) is 8.20. The summed E-state index contributed by atoms with van der Waals surface area (Å²) >= 11 is 0. The fraction of sp³-hybridized carbons (Fsp3) is 0.241. The molecule has 0 fully saturated rings. The van der Waals surface area contributed by atoms with Gasteiger partial charge in [-0.25, -0.2) is 0 Å². The third-order valence-corrected chi connectivity index (χ3v) is 5.80. The van der Waals surface area contributed by atoms with Crippen LogP contribution in [0.4, 0.5) is 0 Å². The number of ether oxygens (including phenoxy) is 2. The summed E-state index contributed by atoms with van der Waals surface area (Å²) in [5.41, 5.74) is 6.35. The van der Waals surface area contributed by atoms with Crippen LogP contribution in [-0.4, -0.2) is 24.1 Å². The summed E-state index contributed by atoms with van der Waals surface area (Å²) < 4.78 is 17.6. The molecule has 0 aliphatic carbocycles. The fourth-order valence-electron chi connectivity index (χ4n) is 4.08. The average Bonchev–Trinajstić information content (AvgIpc) is 3.30. The van der Waals surface area contributed by atoms with E-state index in [2.05, 4.69) is 10.3 Å². The second-order valence-corrected chi connectivity index (χ2v) is 8.20. The van der Waals surface area contributed by atoms with Crippen molar-refractivity contribution in [3.63, 3.8) is 0 Å². The quantitative estimate of drug-likeness (QED) is 0.290. The van der Waals surface area contributed by atoms with Gasteiger partial charge in [0.15, 0.2) is 0 Å². The van der Waals surface area contributed by atoms with Gasteiger partial charge in [-0.3, -0.25) is 9.78 Å². The lowest BCUT2D eigenvalue weighted by atomic mass is 9.96. The minimum absolute atomic E-state index is 0.168. The molecule has 0 radical (unpaired) electrons. The molecule has 0 aliphatic rings. The molecular weight excluding hydrogens is 440 g/mol. The molecule has 0 atom stereocenters. The number of aromatic nitrogens is 1. The van der Waals surface area contributed by atoms with Gasteiger partial charge in [-0.2, -0.15) is 0 Å². The Morgan fingerprint density at radius 2 is 1.77 bits per heavy atom. The average molecular weight is 471 g/mol. The second kappa shape index (κ2) is 10.9. The maximum atomic E-state index is 12.7. The highest BCUT2D eigenvalue weighted by Crippen LogP contribution is 2.41. The van der Waals surface area contributed by atoms with E-state index in [4.69, 9.17) is 13.9 Å². The van der Waals surface area contributed by atoms with Crippen LogP contribution < -0.4 is 14.8 Å². The molecule has 1 N–H and O–H groups in total. The number of hydrogen-bond donors (Lipinski definition) is 1. The van der Waals surface area contributed by atoms with Crippen LogP contribution in [0.15, 0.2) is 71.6 Å². The first-order chi connectivity index (χ1) is 17.0. The maximum absolute atomic E-state index is 12.7. The first-order valence-electron chi connectivity index (χ1n) is 11.8. The Bertz CT molecular complexity index is 1340. The van der Waals surface area contributed by atoms with E-state index in [0.717, 1.165) is 55.9 Å². The van der Waals surface area contributed by atoms with Crippen molar-refractivity contribution in [2.45, 2.75) is 34.2 Å². The van der Waals surface area contributed by atoms with E-state index in [1.165, 1.54) is 0 Å². The van der Waals surface area contributed by atoms with Crippen molar-refractivity contribution in [2.24, 2.45) is 0 Å². The van der Waals surface area contributed by atoms with E-state index < -0.39 is 0 Å². The number of furan rings is 1. The highest BCUT2D eigenvalue weighted by atomic mass is 16.5. The van der Waals surface area contributed by atoms with Gasteiger partial charge in [0.25, 0.3) is 0 Å². The summed E-state index contributed by atoms with van der Waals surface area (Å²) in [5, 5.41) is 3.90. The molecule has 0 unspecified atom stereocenters. The van der Waals surface area contributed by atoms with Gasteiger partial charge in [-0.05, 0) is 74.7 Å². The van der Waals surface area contributed by atoms with Gasteiger partial charge in [0.05, 0.1) is 19.5 Å². The van der Waals surface area contributed by atoms with E-state index in [9.17, 15) is 4.79 Å². The van der Waals surface area contributed by atoms with Crippen LogP contribution in [0.1, 0.15) is 37.5 Å². The number of aryl methyl sites for hydroxylation is 1. The lowest BCUT2D eigenvalue weighted by molar-refractivity contribution is -0.116. The highest BCUT2D eigenvalue weighted by Gasteiger charge is 2.19. The van der Waals surface area contributed by atoms with Crippen molar-refractivity contribution in [2.75, 3.05) is 13.2 Å². The van der Waals surface area contributed by atoms with Crippen molar-refractivity contribution in [3.8, 4) is 22.6 Å². The molecule has 6 heteroatoms. The summed E-state index contributed by atoms with van der Waals surface area (Å²) in [7, 11) is 0. The SMILES string of the molecule is CCOc1ccc(-c2coc3c(C)c(OCC)c(/C(C)=C/C(=O)NCc4ccncc4)cc23)cc1. The molecule has 0 saturated carbocycles. The normalized spacial score (nSPS) is 11.5. The van der Waals surface area contributed by atoms with Crippen molar-refractivity contribution >= 4 is 22.4 Å². The van der Waals surface area contributed by atoms with Crippen molar-refractivity contribution in [1.82, 2.24) is 10.3 Å². The van der Waals surface area contributed by atoms with Gasteiger partial charge in [0.2, 0.25) is 5.91 Å². The third-order valence-electron chi connectivity index (χ3n) is 5.80. The zero-order valence-electron chi connectivity index (χ0n) is 20.6. The number of allylic oxidation sites excluding steroid dienone is 1. The Morgan fingerprint density at radius 1 is 1.06 bits per heavy atom. The number of carbonyl (C=O) groups is 1. The van der Waals surface area contributed by atoms with Crippen LogP contribution >= 0.6 is 0 Å². The number of hydrogen-bond acceptors (Lipinski definition) is 5. The number of benzene rings is 2. The minimum atomic E-state index is -0.168. The van der Waals surface area contributed by atoms with Crippen LogP contribution in [0.5, 0.6) is 11.5 Å². The first-order valence-corrected chi connectivity index (χ1v) is 11.8. The van der Waals surface area contributed by atoms with E-state index in [-0.39, 0.29) is 5.91 Å². The van der Waals surface area contributed by atoms with Gasteiger partial charge in [-0.15, -0.1) is 0 Å². The van der Waals surface area contributed by atoms with E-state index >= 15 is 0 Å². The number of fused-ring (bicyclic) bond motifs is 1. The zero-order chi connectivity index (χ0) is 24.8. The van der Waals surface area contributed by atoms with E-state index in [1.54, 1.807) is 24.7 Å². The predicted octanol–water partition coefficient (Wildman–Crippen LogP) is 6.32. The Hall–Kier alpha value is -4.06. The molecule has 6 nitrogen and oxygen atoms in total. The van der Waals surface area contributed by atoms with Crippen LogP contribution in [0, 0.1) is 6.92 Å². The molecule has 180 valence electrons. The number of nitrogens with one attached hydrogen (secondary N) is 1.